The van der Waals surface area contributed by atoms with Gasteiger partial charge < -0.3 is 14.8 Å². The fourth-order valence-corrected chi connectivity index (χ4v) is 4.34. The number of nitrogens with zero attached hydrogens (tertiary/aromatic N) is 3. The largest absolute Gasteiger partial charge is 0.339 e. The number of aromatic nitrogens is 2. The van der Waals surface area contributed by atoms with Crippen LogP contribution in [0.15, 0.2) is 60.8 Å². The van der Waals surface area contributed by atoms with Crippen molar-refractivity contribution in [3.8, 4) is 5.69 Å². The Morgan fingerprint density at radius 2 is 1.76 bits per heavy atom. The first kappa shape index (κ1) is 22.5. The highest BCUT2D eigenvalue weighted by Gasteiger charge is 2.26. The molecule has 1 aliphatic rings. The summed E-state index contributed by atoms with van der Waals surface area (Å²) in [4.78, 5) is 31.2. The number of amides is 2. The molecular formula is C27H30N4O2. The molecule has 1 aromatic carbocycles. The van der Waals surface area contributed by atoms with E-state index in [9.17, 15) is 9.59 Å². The molecule has 1 aliphatic heterocycles. The first-order chi connectivity index (χ1) is 15.9. The summed E-state index contributed by atoms with van der Waals surface area (Å²) in [7, 11) is 0. The van der Waals surface area contributed by atoms with Crippen LogP contribution >= 0.6 is 0 Å². The molecule has 1 saturated heterocycles. The van der Waals surface area contributed by atoms with Gasteiger partial charge >= 0.3 is 0 Å². The number of carbonyl (C=O) groups excluding carboxylic acids is 2. The van der Waals surface area contributed by atoms with Crippen LogP contribution in [0.25, 0.3) is 11.8 Å². The van der Waals surface area contributed by atoms with Gasteiger partial charge in [-0.2, -0.15) is 0 Å². The molecule has 1 fully saturated rings. The van der Waals surface area contributed by atoms with Crippen LogP contribution in [0.3, 0.4) is 0 Å². The van der Waals surface area contributed by atoms with Gasteiger partial charge in [0.15, 0.2) is 0 Å². The van der Waals surface area contributed by atoms with E-state index < -0.39 is 0 Å². The summed E-state index contributed by atoms with van der Waals surface area (Å²) in [5.41, 5.74) is 5.61. The predicted molar refractivity (Wildman–Crippen MR) is 131 cm³/mol. The van der Waals surface area contributed by atoms with Crippen molar-refractivity contribution in [2.75, 3.05) is 18.4 Å². The van der Waals surface area contributed by atoms with Gasteiger partial charge in [0.1, 0.15) is 5.82 Å². The zero-order valence-electron chi connectivity index (χ0n) is 19.4. The first-order valence-corrected chi connectivity index (χ1v) is 11.4. The molecule has 33 heavy (non-hydrogen) atoms. The van der Waals surface area contributed by atoms with Gasteiger partial charge in [-0.15, -0.1) is 0 Å². The lowest BCUT2D eigenvalue weighted by atomic mass is 9.96. The summed E-state index contributed by atoms with van der Waals surface area (Å²) in [5.74, 6) is 0.416. The first-order valence-electron chi connectivity index (χ1n) is 11.4. The molecule has 0 unspecified atom stereocenters. The minimum absolute atomic E-state index is 0.0151. The van der Waals surface area contributed by atoms with Crippen LogP contribution in [0.1, 0.15) is 35.4 Å². The SMILES string of the molecule is Cc1ccc(-n2c(C)cc(C=CC(=O)N3CCC(C(=O)Nc4ccccn4)CC3)c2C)cc1. The topological polar surface area (TPSA) is 67.2 Å². The van der Waals surface area contributed by atoms with Crippen LogP contribution in [-0.2, 0) is 9.59 Å². The summed E-state index contributed by atoms with van der Waals surface area (Å²) in [6.45, 7) is 7.38. The molecule has 6 nitrogen and oxygen atoms in total. The van der Waals surface area contributed by atoms with Crippen molar-refractivity contribution in [3.05, 3.63) is 83.3 Å². The van der Waals surface area contributed by atoms with Crippen molar-refractivity contribution in [1.82, 2.24) is 14.5 Å². The van der Waals surface area contributed by atoms with Crippen LogP contribution in [0.4, 0.5) is 5.82 Å². The second-order valence-corrected chi connectivity index (χ2v) is 8.63. The number of hydrogen-bond donors (Lipinski definition) is 1. The lowest BCUT2D eigenvalue weighted by Gasteiger charge is -2.30. The number of aryl methyl sites for hydroxylation is 2. The summed E-state index contributed by atoms with van der Waals surface area (Å²) >= 11 is 0. The minimum Gasteiger partial charge on any atom is -0.339 e. The average molecular weight is 443 g/mol. The molecule has 4 rings (SSSR count). The van der Waals surface area contributed by atoms with Gasteiger partial charge in [-0.25, -0.2) is 4.98 Å². The molecule has 2 amide bonds. The number of hydrogen-bond acceptors (Lipinski definition) is 3. The molecule has 2 aromatic heterocycles. The van der Waals surface area contributed by atoms with Crippen LogP contribution in [0, 0.1) is 26.7 Å². The number of anilines is 1. The highest BCUT2D eigenvalue weighted by atomic mass is 16.2. The molecule has 0 spiro atoms. The Morgan fingerprint density at radius 3 is 2.42 bits per heavy atom. The summed E-state index contributed by atoms with van der Waals surface area (Å²) in [6.07, 6.45) is 6.51. The van der Waals surface area contributed by atoms with E-state index in [-0.39, 0.29) is 17.7 Å². The zero-order chi connectivity index (χ0) is 23.4. The van der Waals surface area contributed by atoms with E-state index in [1.807, 2.05) is 23.1 Å². The Hall–Kier alpha value is -3.67. The zero-order valence-corrected chi connectivity index (χ0v) is 19.4. The predicted octanol–water partition coefficient (Wildman–Crippen LogP) is 4.69. The maximum atomic E-state index is 12.8. The number of pyridine rings is 1. The Kier molecular flexibility index (Phi) is 6.73. The van der Waals surface area contributed by atoms with Crippen molar-refractivity contribution in [3.63, 3.8) is 0 Å². The summed E-state index contributed by atoms with van der Waals surface area (Å²) < 4.78 is 2.20. The van der Waals surface area contributed by atoms with E-state index in [0.717, 1.165) is 22.6 Å². The third-order valence-corrected chi connectivity index (χ3v) is 6.26. The third kappa shape index (κ3) is 5.22. The smallest absolute Gasteiger partial charge is 0.246 e. The molecule has 1 N–H and O–H groups in total. The van der Waals surface area contributed by atoms with Gasteiger partial charge in [0.2, 0.25) is 11.8 Å². The van der Waals surface area contributed by atoms with Crippen molar-refractivity contribution in [2.24, 2.45) is 5.92 Å². The van der Waals surface area contributed by atoms with Gasteiger partial charge in [-0.1, -0.05) is 23.8 Å². The normalized spacial score (nSPS) is 14.6. The Morgan fingerprint density at radius 1 is 1.03 bits per heavy atom. The van der Waals surface area contributed by atoms with Gasteiger partial charge in [-0.3, -0.25) is 9.59 Å². The summed E-state index contributed by atoms with van der Waals surface area (Å²) in [5, 5.41) is 2.86. The molecule has 6 heteroatoms. The van der Waals surface area contributed by atoms with E-state index in [4.69, 9.17) is 0 Å². The highest BCUT2D eigenvalue weighted by Crippen LogP contribution is 2.23. The van der Waals surface area contributed by atoms with Crippen LogP contribution in [0.5, 0.6) is 0 Å². The van der Waals surface area contributed by atoms with Crippen LogP contribution in [0.2, 0.25) is 0 Å². The van der Waals surface area contributed by atoms with Gasteiger partial charge in [-0.05, 0) is 75.6 Å². The number of likely N-dealkylation sites (tertiary alicyclic amines) is 1. The molecule has 0 aliphatic carbocycles. The second kappa shape index (κ2) is 9.86. The minimum atomic E-state index is -0.103. The van der Waals surface area contributed by atoms with Crippen molar-refractivity contribution in [1.29, 1.82) is 0 Å². The van der Waals surface area contributed by atoms with Gasteiger partial charge in [0.05, 0.1) is 0 Å². The maximum Gasteiger partial charge on any atom is 0.246 e. The number of piperidine rings is 1. The molecule has 170 valence electrons. The summed E-state index contributed by atoms with van der Waals surface area (Å²) in [6, 6.07) is 16.0. The Balaban J connectivity index is 1.35. The maximum absolute atomic E-state index is 12.8. The van der Waals surface area contributed by atoms with E-state index in [0.29, 0.717) is 31.7 Å². The van der Waals surface area contributed by atoms with Crippen molar-refractivity contribution < 1.29 is 9.59 Å². The number of rotatable bonds is 5. The fraction of sp³-hybridized carbons (Fsp3) is 0.296. The second-order valence-electron chi connectivity index (χ2n) is 8.63. The molecule has 0 saturated carbocycles. The molecule has 0 atom stereocenters. The number of nitrogens with one attached hydrogen (secondary N) is 1. The van der Waals surface area contributed by atoms with Crippen LogP contribution < -0.4 is 5.32 Å². The molecule has 0 radical (unpaired) electrons. The monoisotopic (exact) mass is 442 g/mol. The molecule has 0 bridgehead atoms. The molecular weight excluding hydrogens is 412 g/mol. The van der Waals surface area contributed by atoms with Crippen LogP contribution in [-0.4, -0.2) is 39.4 Å². The standard InChI is InChI=1S/C27H30N4O2/c1-19-7-10-24(11-8-19)31-20(2)18-23(21(31)3)9-12-26(32)30-16-13-22(14-17-30)27(33)29-25-6-4-5-15-28-25/h4-12,15,18,22H,13-14,16-17H2,1-3H3,(H,28,29,33). The number of carbonyl (C=O) groups is 2. The van der Waals surface area contributed by atoms with Crippen molar-refractivity contribution >= 4 is 23.7 Å². The van der Waals surface area contributed by atoms with Gasteiger partial charge in [0, 0.05) is 48.4 Å². The average Bonchev–Trinajstić information content (AvgIpc) is 3.11. The molecule has 3 heterocycles. The van der Waals surface area contributed by atoms with Gasteiger partial charge in [0.25, 0.3) is 0 Å². The lowest BCUT2D eigenvalue weighted by Crippen LogP contribution is -2.40. The van der Waals surface area contributed by atoms with E-state index in [1.165, 1.54) is 5.56 Å². The highest BCUT2D eigenvalue weighted by molar-refractivity contribution is 5.93. The lowest BCUT2D eigenvalue weighted by molar-refractivity contribution is -0.130. The fourth-order valence-electron chi connectivity index (χ4n) is 4.34. The quantitative estimate of drug-likeness (QED) is 0.583. The number of benzene rings is 1. The van der Waals surface area contributed by atoms with Crippen molar-refractivity contribution in [2.45, 2.75) is 33.6 Å². The Labute approximate surface area is 195 Å². The third-order valence-electron chi connectivity index (χ3n) is 6.26. The van der Waals surface area contributed by atoms with E-state index in [2.05, 4.69) is 66.0 Å². The Bertz CT molecular complexity index is 1150. The van der Waals surface area contributed by atoms with E-state index in [1.54, 1.807) is 18.3 Å². The van der Waals surface area contributed by atoms with E-state index >= 15 is 0 Å². The molecule has 3 aromatic rings.